The lowest BCUT2D eigenvalue weighted by Gasteiger charge is -2.38. The second kappa shape index (κ2) is 8.25. The van der Waals surface area contributed by atoms with Crippen molar-refractivity contribution in [2.45, 2.75) is 37.3 Å². The smallest absolute Gasteiger partial charge is 0.328 e. The van der Waals surface area contributed by atoms with Crippen LogP contribution in [0.2, 0.25) is 0 Å². The number of pyridine rings is 1. The van der Waals surface area contributed by atoms with Crippen LogP contribution in [0, 0.1) is 0 Å². The predicted molar refractivity (Wildman–Crippen MR) is 92.9 cm³/mol. The predicted octanol–water partition coefficient (Wildman–Crippen LogP) is -2.22. The van der Waals surface area contributed by atoms with Crippen LogP contribution in [-0.4, -0.2) is 61.6 Å². The van der Waals surface area contributed by atoms with E-state index < -0.39 is 35.6 Å². The number of nitrogens with zero attached hydrogens (tertiary/aromatic N) is 2. The fourth-order valence-electron chi connectivity index (χ4n) is 2.90. The van der Waals surface area contributed by atoms with Gasteiger partial charge in [0, 0.05) is 24.7 Å². The van der Waals surface area contributed by atoms with Gasteiger partial charge in [-0.15, -0.1) is 0 Å². The molecule has 0 unspecified atom stereocenters. The lowest BCUT2D eigenvalue weighted by atomic mass is 9.97. The molecule has 10 heteroatoms. The summed E-state index contributed by atoms with van der Waals surface area (Å²) in [6, 6.07) is 3.81. The Balaban J connectivity index is 1.59. The number of aromatic nitrogens is 3. The van der Waals surface area contributed by atoms with E-state index in [0.717, 1.165) is 5.56 Å². The molecule has 1 saturated heterocycles. The summed E-state index contributed by atoms with van der Waals surface area (Å²) in [5.41, 5.74) is -0.400. The van der Waals surface area contributed by atoms with Crippen LogP contribution in [0.15, 0.2) is 46.4 Å². The standard InChI is InChI=1S/C17H20N4O6/c22-13-3-6-21(17(26)20-13)8-12-16(25)15(24)11(9-27-12)19-14(23)7-10-1-4-18-5-2-10/h1-6,11-12,15-16,24-25H,7-9H2,(H,19,23)(H,20,22,26)/t11-,12-,15+,16-/m1/s1. The highest BCUT2D eigenvalue weighted by Gasteiger charge is 2.39. The lowest BCUT2D eigenvalue weighted by Crippen LogP contribution is -2.60. The van der Waals surface area contributed by atoms with E-state index in [1.165, 1.54) is 16.8 Å². The lowest BCUT2D eigenvalue weighted by molar-refractivity contribution is -0.158. The number of aromatic amines is 1. The highest BCUT2D eigenvalue weighted by atomic mass is 16.5. The zero-order chi connectivity index (χ0) is 19.4. The normalized spacial score (nSPS) is 25.1. The van der Waals surface area contributed by atoms with Gasteiger partial charge in [-0.25, -0.2) is 4.79 Å². The molecule has 0 saturated carbocycles. The SMILES string of the molecule is O=C(Cc1ccncc1)N[C@@H]1CO[C@H](Cn2ccc(=O)[nH]c2=O)[C@@H](O)[C@H]1O. The van der Waals surface area contributed by atoms with Crippen LogP contribution in [-0.2, 0) is 22.5 Å². The molecule has 1 fully saturated rings. The van der Waals surface area contributed by atoms with Crippen LogP contribution in [0.4, 0.5) is 0 Å². The van der Waals surface area contributed by atoms with Gasteiger partial charge in [-0.1, -0.05) is 0 Å². The number of carbonyl (C=O) groups is 1. The summed E-state index contributed by atoms with van der Waals surface area (Å²) in [6.45, 7) is -0.0748. The molecule has 1 aliphatic heterocycles. The van der Waals surface area contributed by atoms with Crippen molar-refractivity contribution in [3.8, 4) is 0 Å². The molecular formula is C17H20N4O6. The molecule has 0 spiro atoms. The monoisotopic (exact) mass is 376 g/mol. The third kappa shape index (κ3) is 4.67. The van der Waals surface area contributed by atoms with Crippen molar-refractivity contribution in [3.05, 3.63) is 63.2 Å². The van der Waals surface area contributed by atoms with Gasteiger partial charge < -0.3 is 20.3 Å². The molecule has 27 heavy (non-hydrogen) atoms. The second-order valence-electron chi connectivity index (χ2n) is 6.32. The molecular weight excluding hydrogens is 356 g/mol. The zero-order valence-electron chi connectivity index (χ0n) is 14.3. The Morgan fingerprint density at radius 1 is 1.26 bits per heavy atom. The molecule has 144 valence electrons. The number of carbonyl (C=O) groups excluding carboxylic acids is 1. The summed E-state index contributed by atoms with van der Waals surface area (Å²) in [5.74, 6) is -0.323. The van der Waals surface area contributed by atoms with Crippen LogP contribution in [0.5, 0.6) is 0 Å². The van der Waals surface area contributed by atoms with Gasteiger partial charge in [0.15, 0.2) is 0 Å². The number of aliphatic hydroxyl groups is 2. The maximum atomic E-state index is 12.1. The summed E-state index contributed by atoms with van der Waals surface area (Å²) < 4.78 is 6.70. The number of hydrogen-bond donors (Lipinski definition) is 4. The first-order chi connectivity index (χ1) is 12.9. The number of nitrogens with one attached hydrogen (secondary N) is 2. The van der Waals surface area contributed by atoms with Crippen LogP contribution in [0.3, 0.4) is 0 Å². The van der Waals surface area contributed by atoms with Crippen molar-refractivity contribution in [2.75, 3.05) is 6.61 Å². The average Bonchev–Trinajstić information content (AvgIpc) is 2.64. The van der Waals surface area contributed by atoms with Gasteiger partial charge in [0.25, 0.3) is 5.56 Å². The minimum absolute atomic E-state index is 0.0247. The number of ether oxygens (including phenoxy) is 1. The molecule has 4 atom stereocenters. The van der Waals surface area contributed by atoms with Gasteiger partial charge in [0.2, 0.25) is 5.91 Å². The molecule has 3 rings (SSSR count). The van der Waals surface area contributed by atoms with Gasteiger partial charge in [-0.3, -0.25) is 24.1 Å². The largest absolute Gasteiger partial charge is 0.388 e. The van der Waals surface area contributed by atoms with Gasteiger partial charge in [0.1, 0.15) is 18.3 Å². The number of amides is 1. The Morgan fingerprint density at radius 2 is 2.00 bits per heavy atom. The first kappa shape index (κ1) is 19.0. The molecule has 1 aliphatic rings. The average molecular weight is 376 g/mol. The maximum Gasteiger partial charge on any atom is 0.328 e. The van der Waals surface area contributed by atoms with Crippen molar-refractivity contribution < 1.29 is 19.7 Å². The first-order valence-electron chi connectivity index (χ1n) is 8.40. The Morgan fingerprint density at radius 3 is 2.70 bits per heavy atom. The molecule has 10 nitrogen and oxygen atoms in total. The van der Waals surface area contributed by atoms with Crippen LogP contribution in [0.25, 0.3) is 0 Å². The third-order valence-corrected chi connectivity index (χ3v) is 4.37. The molecule has 1 amide bonds. The van der Waals surface area contributed by atoms with Crippen molar-refractivity contribution in [2.24, 2.45) is 0 Å². The van der Waals surface area contributed by atoms with Crippen molar-refractivity contribution >= 4 is 5.91 Å². The minimum Gasteiger partial charge on any atom is -0.388 e. The fourth-order valence-corrected chi connectivity index (χ4v) is 2.90. The van der Waals surface area contributed by atoms with Gasteiger partial charge >= 0.3 is 5.69 Å². The molecule has 0 radical (unpaired) electrons. The van der Waals surface area contributed by atoms with Crippen LogP contribution < -0.4 is 16.6 Å². The molecule has 0 aromatic carbocycles. The van der Waals surface area contributed by atoms with Crippen LogP contribution >= 0.6 is 0 Å². The van der Waals surface area contributed by atoms with Crippen molar-refractivity contribution in [1.29, 1.82) is 0 Å². The summed E-state index contributed by atoms with van der Waals surface area (Å²) >= 11 is 0. The molecule has 0 bridgehead atoms. The number of rotatable bonds is 5. The van der Waals surface area contributed by atoms with Gasteiger partial charge in [-0.2, -0.15) is 0 Å². The third-order valence-electron chi connectivity index (χ3n) is 4.37. The molecule has 2 aromatic heterocycles. The Bertz CT molecular complexity index is 896. The summed E-state index contributed by atoms with van der Waals surface area (Å²) in [5, 5.41) is 23.3. The topological polar surface area (TPSA) is 147 Å². The second-order valence-corrected chi connectivity index (χ2v) is 6.32. The molecule has 2 aromatic rings. The van der Waals surface area contributed by atoms with Gasteiger partial charge in [0.05, 0.1) is 25.6 Å². The Labute approximate surface area is 153 Å². The summed E-state index contributed by atoms with van der Waals surface area (Å²) in [7, 11) is 0. The van der Waals surface area contributed by atoms with E-state index in [-0.39, 0.29) is 25.5 Å². The van der Waals surface area contributed by atoms with Crippen molar-refractivity contribution in [1.82, 2.24) is 19.9 Å². The Kier molecular flexibility index (Phi) is 5.79. The highest BCUT2D eigenvalue weighted by Crippen LogP contribution is 2.17. The molecule has 4 N–H and O–H groups in total. The van der Waals surface area contributed by atoms with Crippen LogP contribution in [0.1, 0.15) is 5.56 Å². The summed E-state index contributed by atoms with van der Waals surface area (Å²) in [6.07, 6.45) is 1.11. The molecule has 0 aliphatic carbocycles. The number of aliphatic hydroxyl groups excluding tert-OH is 2. The molecule has 3 heterocycles. The Hall–Kier alpha value is -2.82. The highest BCUT2D eigenvalue weighted by molar-refractivity contribution is 5.78. The zero-order valence-corrected chi connectivity index (χ0v) is 14.3. The maximum absolute atomic E-state index is 12.1. The quantitative estimate of drug-likeness (QED) is 0.462. The van der Waals surface area contributed by atoms with E-state index >= 15 is 0 Å². The minimum atomic E-state index is -1.32. The number of H-pyrrole nitrogens is 1. The summed E-state index contributed by atoms with van der Waals surface area (Å²) in [4.78, 5) is 40.9. The fraction of sp³-hybridized carbons (Fsp3) is 0.412. The van der Waals surface area contributed by atoms with E-state index in [1.54, 1.807) is 24.5 Å². The van der Waals surface area contributed by atoms with Crippen molar-refractivity contribution in [3.63, 3.8) is 0 Å². The number of hydrogen-bond acceptors (Lipinski definition) is 7. The van der Waals surface area contributed by atoms with E-state index in [9.17, 15) is 24.6 Å². The van der Waals surface area contributed by atoms with E-state index in [2.05, 4.69) is 15.3 Å². The van der Waals surface area contributed by atoms with E-state index in [4.69, 9.17) is 4.74 Å². The van der Waals surface area contributed by atoms with E-state index in [1.807, 2.05) is 0 Å². The first-order valence-corrected chi connectivity index (χ1v) is 8.40. The van der Waals surface area contributed by atoms with E-state index in [0.29, 0.717) is 0 Å². The van der Waals surface area contributed by atoms with Gasteiger partial charge in [-0.05, 0) is 17.7 Å².